The highest BCUT2D eigenvalue weighted by Crippen LogP contribution is 2.27. The molecule has 0 bridgehead atoms. The van der Waals surface area contributed by atoms with Gasteiger partial charge in [-0.25, -0.2) is 4.39 Å². The fourth-order valence-electron chi connectivity index (χ4n) is 2.11. The second-order valence-corrected chi connectivity index (χ2v) is 6.84. The van der Waals surface area contributed by atoms with Gasteiger partial charge in [0.2, 0.25) is 0 Å². The number of rotatable bonds is 6. The summed E-state index contributed by atoms with van der Waals surface area (Å²) in [5.74, 6) is 0.479. The fourth-order valence-corrected chi connectivity index (χ4v) is 3.46. The molecule has 0 radical (unpaired) electrons. The van der Waals surface area contributed by atoms with Crippen molar-refractivity contribution in [3.05, 3.63) is 63.9 Å². The molecule has 4 heteroatoms. The van der Waals surface area contributed by atoms with Crippen LogP contribution in [0.4, 0.5) is 4.39 Å². The minimum absolute atomic E-state index is 0.150. The summed E-state index contributed by atoms with van der Waals surface area (Å²) in [5.41, 5.74) is 1.98. The van der Waals surface area contributed by atoms with Gasteiger partial charge in [-0.2, -0.15) is 0 Å². The summed E-state index contributed by atoms with van der Waals surface area (Å²) in [6.45, 7) is 5.20. The van der Waals surface area contributed by atoms with Gasteiger partial charge in [0.25, 0.3) is 0 Å². The molecule has 1 atom stereocenters. The Hall–Kier alpha value is -0.840. The van der Waals surface area contributed by atoms with Crippen LogP contribution in [0, 0.1) is 5.82 Å². The molecule has 0 aliphatic rings. The third-order valence-corrected chi connectivity index (χ3v) is 4.81. The van der Waals surface area contributed by atoms with E-state index < -0.39 is 0 Å². The maximum absolute atomic E-state index is 13.7. The van der Waals surface area contributed by atoms with Crippen LogP contribution in [0.2, 0.25) is 0 Å². The lowest BCUT2D eigenvalue weighted by atomic mass is 10.1. The molecule has 0 spiro atoms. The van der Waals surface area contributed by atoms with E-state index in [1.54, 1.807) is 17.8 Å². The lowest BCUT2D eigenvalue weighted by molar-refractivity contribution is 0.597. The van der Waals surface area contributed by atoms with E-state index in [0.717, 1.165) is 21.5 Å². The normalized spacial score (nSPS) is 12.4. The molecule has 0 aromatic heterocycles. The summed E-state index contributed by atoms with van der Waals surface area (Å²) in [6.07, 6.45) is 0. The number of nitrogens with one attached hydrogen (secondary N) is 1. The van der Waals surface area contributed by atoms with Gasteiger partial charge in [-0.05, 0) is 54.9 Å². The van der Waals surface area contributed by atoms with E-state index in [1.165, 1.54) is 11.6 Å². The van der Waals surface area contributed by atoms with Crippen LogP contribution in [-0.4, -0.2) is 6.54 Å². The van der Waals surface area contributed by atoms with E-state index in [9.17, 15) is 4.39 Å². The van der Waals surface area contributed by atoms with Gasteiger partial charge in [0.05, 0.1) is 0 Å². The minimum Gasteiger partial charge on any atom is -0.310 e. The van der Waals surface area contributed by atoms with Crippen molar-refractivity contribution >= 4 is 27.7 Å². The maximum atomic E-state index is 13.7. The second kappa shape index (κ2) is 7.97. The molecular formula is C17H19BrFNS. The SMILES string of the molecule is CCNC(C)c1cccc(SCc2cc(Br)ccc2F)c1. The summed E-state index contributed by atoms with van der Waals surface area (Å²) in [4.78, 5) is 1.16. The van der Waals surface area contributed by atoms with Crippen molar-refractivity contribution in [1.29, 1.82) is 0 Å². The lowest BCUT2D eigenvalue weighted by Crippen LogP contribution is -2.17. The topological polar surface area (TPSA) is 12.0 Å². The zero-order chi connectivity index (χ0) is 15.2. The van der Waals surface area contributed by atoms with E-state index in [1.807, 2.05) is 6.07 Å². The van der Waals surface area contributed by atoms with Crippen LogP contribution < -0.4 is 5.32 Å². The maximum Gasteiger partial charge on any atom is 0.127 e. The molecule has 1 nitrogen and oxygen atoms in total. The second-order valence-electron chi connectivity index (χ2n) is 4.88. The Morgan fingerprint density at radius 2 is 2.05 bits per heavy atom. The largest absolute Gasteiger partial charge is 0.310 e. The number of thioether (sulfide) groups is 1. The lowest BCUT2D eigenvalue weighted by Gasteiger charge is -2.13. The smallest absolute Gasteiger partial charge is 0.127 e. The molecule has 0 aliphatic heterocycles. The van der Waals surface area contributed by atoms with E-state index in [0.29, 0.717) is 11.8 Å². The standard InChI is InChI=1S/C17H19BrFNS/c1-3-20-12(2)13-5-4-6-16(10-13)21-11-14-9-15(18)7-8-17(14)19/h4-10,12,20H,3,11H2,1-2H3. The third kappa shape index (κ3) is 4.83. The average Bonchev–Trinajstić information content (AvgIpc) is 2.49. The monoisotopic (exact) mass is 367 g/mol. The van der Waals surface area contributed by atoms with Crippen LogP contribution in [0.3, 0.4) is 0 Å². The van der Waals surface area contributed by atoms with Gasteiger partial charge in [-0.3, -0.25) is 0 Å². The van der Waals surface area contributed by atoms with Gasteiger partial charge >= 0.3 is 0 Å². The Kier molecular flexibility index (Phi) is 6.27. The molecule has 2 rings (SSSR count). The summed E-state index contributed by atoms with van der Waals surface area (Å²) in [5, 5.41) is 3.40. The van der Waals surface area contributed by atoms with E-state index >= 15 is 0 Å². The molecule has 0 heterocycles. The molecule has 1 N–H and O–H groups in total. The van der Waals surface area contributed by atoms with Crippen molar-refractivity contribution in [2.45, 2.75) is 30.5 Å². The van der Waals surface area contributed by atoms with Gasteiger partial charge < -0.3 is 5.32 Å². The first-order valence-corrected chi connectivity index (χ1v) is 8.78. The van der Waals surface area contributed by atoms with Crippen molar-refractivity contribution in [2.24, 2.45) is 0 Å². The van der Waals surface area contributed by atoms with Gasteiger partial charge in [-0.1, -0.05) is 35.0 Å². The third-order valence-electron chi connectivity index (χ3n) is 3.27. The Bertz CT molecular complexity index is 603. The first kappa shape index (κ1) is 16.5. The average molecular weight is 368 g/mol. The molecule has 0 fully saturated rings. The molecule has 0 saturated carbocycles. The predicted octanol–water partition coefficient (Wildman–Crippen LogP) is 5.55. The van der Waals surface area contributed by atoms with Gasteiger partial charge in [-0.15, -0.1) is 11.8 Å². The Morgan fingerprint density at radius 1 is 1.24 bits per heavy atom. The van der Waals surface area contributed by atoms with Gasteiger partial charge in [0.15, 0.2) is 0 Å². The zero-order valence-corrected chi connectivity index (χ0v) is 14.6. The van der Waals surface area contributed by atoms with E-state index in [4.69, 9.17) is 0 Å². The highest BCUT2D eigenvalue weighted by Gasteiger charge is 2.07. The predicted molar refractivity (Wildman–Crippen MR) is 92.2 cm³/mol. The van der Waals surface area contributed by atoms with Crippen molar-refractivity contribution in [3.63, 3.8) is 0 Å². The van der Waals surface area contributed by atoms with E-state index in [-0.39, 0.29) is 5.82 Å². The van der Waals surface area contributed by atoms with E-state index in [2.05, 4.69) is 59.4 Å². The molecule has 0 saturated heterocycles. The van der Waals surface area contributed by atoms with Crippen molar-refractivity contribution in [1.82, 2.24) is 5.32 Å². The number of hydrogen-bond acceptors (Lipinski definition) is 2. The minimum atomic E-state index is -0.150. The number of halogens is 2. The van der Waals surface area contributed by atoms with Crippen molar-refractivity contribution < 1.29 is 4.39 Å². The summed E-state index contributed by atoms with van der Waals surface area (Å²) in [7, 11) is 0. The molecule has 2 aromatic carbocycles. The molecule has 0 amide bonds. The zero-order valence-electron chi connectivity index (χ0n) is 12.2. The molecule has 21 heavy (non-hydrogen) atoms. The van der Waals surface area contributed by atoms with Crippen LogP contribution in [-0.2, 0) is 5.75 Å². The summed E-state index contributed by atoms with van der Waals surface area (Å²) < 4.78 is 14.6. The van der Waals surface area contributed by atoms with Crippen molar-refractivity contribution in [3.8, 4) is 0 Å². The quantitative estimate of drug-likeness (QED) is 0.671. The number of benzene rings is 2. The van der Waals surface area contributed by atoms with Crippen LogP contribution in [0.25, 0.3) is 0 Å². The fraction of sp³-hybridized carbons (Fsp3) is 0.294. The highest BCUT2D eigenvalue weighted by atomic mass is 79.9. The molecule has 2 aromatic rings. The summed E-state index contributed by atoms with van der Waals surface area (Å²) in [6, 6.07) is 13.8. The first-order chi connectivity index (χ1) is 10.1. The highest BCUT2D eigenvalue weighted by molar-refractivity contribution is 9.10. The Labute approximate surface area is 138 Å². The van der Waals surface area contributed by atoms with Crippen LogP contribution in [0.1, 0.15) is 31.0 Å². The van der Waals surface area contributed by atoms with Crippen LogP contribution in [0.5, 0.6) is 0 Å². The Balaban J connectivity index is 2.06. The molecular weight excluding hydrogens is 349 g/mol. The molecule has 1 unspecified atom stereocenters. The van der Waals surface area contributed by atoms with Crippen molar-refractivity contribution in [2.75, 3.05) is 6.54 Å². The number of hydrogen-bond donors (Lipinski definition) is 1. The van der Waals surface area contributed by atoms with Crippen LogP contribution >= 0.6 is 27.7 Å². The Morgan fingerprint density at radius 3 is 2.81 bits per heavy atom. The van der Waals surface area contributed by atoms with Crippen LogP contribution in [0.15, 0.2) is 51.8 Å². The molecule has 112 valence electrons. The van der Waals surface area contributed by atoms with Gasteiger partial charge in [0, 0.05) is 21.2 Å². The first-order valence-electron chi connectivity index (χ1n) is 7.00. The summed E-state index contributed by atoms with van der Waals surface area (Å²) >= 11 is 5.04. The molecule has 0 aliphatic carbocycles. The van der Waals surface area contributed by atoms with Gasteiger partial charge in [0.1, 0.15) is 5.82 Å².